The Hall–Kier alpha value is -0.570. The molecule has 0 aromatic heterocycles. The zero-order valence-electron chi connectivity index (χ0n) is 9.92. The molecule has 1 aliphatic rings. The summed E-state index contributed by atoms with van der Waals surface area (Å²) in [5.74, 6) is 0.606. The van der Waals surface area contributed by atoms with Crippen LogP contribution in [-0.2, 0) is 9.53 Å². The highest BCUT2D eigenvalue weighted by molar-refractivity contribution is 5.77. The molecule has 0 saturated heterocycles. The van der Waals surface area contributed by atoms with Crippen LogP contribution in [0.4, 0.5) is 0 Å². The van der Waals surface area contributed by atoms with Gasteiger partial charge < -0.3 is 10.5 Å². The van der Waals surface area contributed by atoms with E-state index in [-0.39, 0.29) is 5.97 Å². The Balaban J connectivity index is 2.63. The van der Waals surface area contributed by atoms with E-state index in [1.54, 1.807) is 0 Å². The second kappa shape index (κ2) is 5.50. The highest BCUT2D eigenvalue weighted by Gasteiger charge is 2.42. The van der Waals surface area contributed by atoms with Gasteiger partial charge in [-0.15, -0.1) is 0 Å². The van der Waals surface area contributed by atoms with Crippen molar-refractivity contribution in [3.63, 3.8) is 0 Å². The summed E-state index contributed by atoms with van der Waals surface area (Å²) in [6, 6.07) is 0. The first kappa shape index (κ1) is 12.5. The third-order valence-corrected chi connectivity index (χ3v) is 3.39. The average Bonchev–Trinajstić information content (AvgIpc) is 3.07. The summed E-state index contributed by atoms with van der Waals surface area (Å²) >= 11 is 0. The van der Waals surface area contributed by atoms with Crippen molar-refractivity contribution in [1.82, 2.24) is 0 Å². The van der Waals surface area contributed by atoms with Crippen LogP contribution in [0, 0.1) is 11.3 Å². The third-order valence-electron chi connectivity index (χ3n) is 3.39. The second-order valence-electron chi connectivity index (χ2n) is 4.73. The fourth-order valence-electron chi connectivity index (χ4n) is 2.16. The molecule has 0 spiro atoms. The minimum Gasteiger partial charge on any atom is -0.469 e. The molecule has 1 unspecified atom stereocenters. The minimum atomic E-state index is -0.397. The van der Waals surface area contributed by atoms with Crippen molar-refractivity contribution >= 4 is 5.97 Å². The standard InChI is InChI=1S/C12H23NO2/c1-3-4-7-12(9-13,11(14)15-2)8-10-5-6-10/h10H,3-9,13H2,1-2H3. The lowest BCUT2D eigenvalue weighted by Crippen LogP contribution is -2.40. The maximum Gasteiger partial charge on any atom is 0.313 e. The number of hydrogen-bond acceptors (Lipinski definition) is 3. The van der Waals surface area contributed by atoms with Gasteiger partial charge in [0.1, 0.15) is 0 Å². The molecule has 0 radical (unpaired) electrons. The Labute approximate surface area is 92.4 Å². The van der Waals surface area contributed by atoms with Crippen molar-refractivity contribution in [1.29, 1.82) is 0 Å². The summed E-state index contributed by atoms with van der Waals surface area (Å²) in [7, 11) is 1.46. The normalized spacial score (nSPS) is 19.7. The Bertz CT molecular complexity index is 214. The van der Waals surface area contributed by atoms with Crippen LogP contribution in [0.25, 0.3) is 0 Å². The lowest BCUT2D eigenvalue weighted by molar-refractivity contribution is -0.153. The summed E-state index contributed by atoms with van der Waals surface area (Å²) in [4.78, 5) is 11.8. The molecule has 0 bridgehead atoms. The van der Waals surface area contributed by atoms with E-state index in [1.807, 2.05) is 0 Å². The number of rotatable bonds is 7. The van der Waals surface area contributed by atoms with Crippen LogP contribution in [-0.4, -0.2) is 19.6 Å². The van der Waals surface area contributed by atoms with E-state index in [0.29, 0.717) is 12.5 Å². The molecule has 0 aliphatic heterocycles. The number of esters is 1. The van der Waals surface area contributed by atoms with Gasteiger partial charge in [-0.1, -0.05) is 32.6 Å². The highest BCUT2D eigenvalue weighted by Crippen LogP contribution is 2.43. The van der Waals surface area contributed by atoms with Gasteiger partial charge in [-0.3, -0.25) is 4.79 Å². The molecule has 3 nitrogen and oxygen atoms in total. The van der Waals surface area contributed by atoms with Crippen molar-refractivity contribution in [2.75, 3.05) is 13.7 Å². The topological polar surface area (TPSA) is 52.3 Å². The van der Waals surface area contributed by atoms with Crippen LogP contribution in [0.3, 0.4) is 0 Å². The Morgan fingerprint density at radius 3 is 2.60 bits per heavy atom. The summed E-state index contributed by atoms with van der Waals surface area (Å²) in [5, 5.41) is 0. The van der Waals surface area contributed by atoms with Crippen LogP contribution in [0.2, 0.25) is 0 Å². The van der Waals surface area contributed by atoms with Gasteiger partial charge in [0, 0.05) is 6.54 Å². The van der Waals surface area contributed by atoms with Gasteiger partial charge in [-0.25, -0.2) is 0 Å². The van der Waals surface area contributed by atoms with Crippen LogP contribution in [0.15, 0.2) is 0 Å². The van der Waals surface area contributed by atoms with Gasteiger partial charge in [0.2, 0.25) is 0 Å². The maximum atomic E-state index is 11.8. The number of hydrogen-bond donors (Lipinski definition) is 1. The lowest BCUT2D eigenvalue weighted by atomic mass is 9.78. The van der Waals surface area contributed by atoms with Crippen LogP contribution in [0.1, 0.15) is 45.4 Å². The van der Waals surface area contributed by atoms with Gasteiger partial charge in [0.25, 0.3) is 0 Å². The highest BCUT2D eigenvalue weighted by atomic mass is 16.5. The predicted molar refractivity (Wildman–Crippen MR) is 60.4 cm³/mol. The number of methoxy groups -OCH3 is 1. The molecule has 88 valence electrons. The van der Waals surface area contributed by atoms with E-state index in [9.17, 15) is 4.79 Å². The van der Waals surface area contributed by atoms with Crippen molar-refractivity contribution < 1.29 is 9.53 Å². The van der Waals surface area contributed by atoms with Crippen molar-refractivity contribution in [2.24, 2.45) is 17.1 Å². The first-order valence-electron chi connectivity index (χ1n) is 5.97. The average molecular weight is 213 g/mol. The molecule has 2 N–H and O–H groups in total. The molecule has 1 atom stereocenters. The molecule has 0 heterocycles. The van der Waals surface area contributed by atoms with E-state index >= 15 is 0 Å². The first-order valence-corrected chi connectivity index (χ1v) is 5.97. The van der Waals surface area contributed by atoms with E-state index < -0.39 is 5.41 Å². The van der Waals surface area contributed by atoms with Crippen molar-refractivity contribution in [3.8, 4) is 0 Å². The van der Waals surface area contributed by atoms with Gasteiger partial charge in [0.05, 0.1) is 12.5 Å². The molecule has 15 heavy (non-hydrogen) atoms. The Morgan fingerprint density at radius 1 is 1.53 bits per heavy atom. The Morgan fingerprint density at radius 2 is 2.20 bits per heavy atom. The lowest BCUT2D eigenvalue weighted by Gasteiger charge is -2.29. The molecule has 1 aliphatic carbocycles. The summed E-state index contributed by atoms with van der Waals surface area (Å²) in [6.45, 7) is 2.56. The number of carbonyl (C=O) groups excluding carboxylic acids is 1. The second-order valence-corrected chi connectivity index (χ2v) is 4.73. The minimum absolute atomic E-state index is 0.106. The molecular formula is C12H23NO2. The van der Waals surface area contributed by atoms with Crippen LogP contribution in [0.5, 0.6) is 0 Å². The summed E-state index contributed by atoms with van der Waals surface area (Å²) in [5.41, 5.74) is 5.40. The smallest absolute Gasteiger partial charge is 0.313 e. The molecule has 0 amide bonds. The monoisotopic (exact) mass is 213 g/mol. The summed E-state index contributed by atoms with van der Waals surface area (Å²) < 4.78 is 4.91. The van der Waals surface area contributed by atoms with Gasteiger partial charge >= 0.3 is 5.97 Å². The zero-order chi connectivity index (χ0) is 11.3. The molecule has 1 saturated carbocycles. The fourth-order valence-corrected chi connectivity index (χ4v) is 2.16. The van der Waals surface area contributed by atoms with E-state index in [0.717, 1.165) is 25.7 Å². The fraction of sp³-hybridized carbons (Fsp3) is 0.917. The SMILES string of the molecule is CCCCC(CN)(CC1CC1)C(=O)OC. The quantitative estimate of drug-likeness (QED) is 0.659. The van der Waals surface area contributed by atoms with Gasteiger partial charge in [0.15, 0.2) is 0 Å². The molecule has 1 rings (SSSR count). The van der Waals surface area contributed by atoms with Crippen molar-refractivity contribution in [3.05, 3.63) is 0 Å². The van der Waals surface area contributed by atoms with Crippen molar-refractivity contribution in [2.45, 2.75) is 45.4 Å². The third kappa shape index (κ3) is 3.20. The first-order chi connectivity index (χ1) is 7.18. The number of nitrogens with two attached hydrogens (primary N) is 1. The molecule has 0 aromatic rings. The molecule has 3 heteroatoms. The predicted octanol–water partition coefficient (Wildman–Crippen LogP) is 2.09. The van der Waals surface area contributed by atoms with E-state index in [4.69, 9.17) is 10.5 Å². The molecule has 1 fully saturated rings. The molecular weight excluding hydrogens is 190 g/mol. The van der Waals surface area contributed by atoms with Crippen LogP contribution >= 0.6 is 0 Å². The van der Waals surface area contributed by atoms with Crippen LogP contribution < -0.4 is 5.73 Å². The molecule has 0 aromatic carbocycles. The van der Waals surface area contributed by atoms with E-state index in [2.05, 4.69) is 6.92 Å². The van der Waals surface area contributed by atoms with Gasteiger partial charge in [-0.05, 0) is 18.8 Å². The van der Waals surface area contributed by atoms with E-state index in [1.165, 1.54) is 20.0 Å². The maximum absolute atomic E-state index is 11.8. The number of ether oxygens (including phenoxy) is 1. The largest absolute Gasteiger partial charge is 0.469 e. The summed E-state index contributed by atoms with van der Waals surface area (Å²) in [6.07, 6.45) is 6.47. The van der Waals surface area contributed by atoms with Gasteiger partial charge in [-0.2, -0.15) is 0 Å². The zero-order valence-corrected chi connectivity index (χ0v) is 9.92. The number of unbranched alkanes of at least 4 members (excludes halogenated alkanes) is 1. The number of carbonyl (C=O) groups is 1. The Kier molecular flexibility index (Phi) is 4.58.